The summed E-state index contributed by atoms with van der Waals surface area (Å²) in [5.74, 6) is 0.490. The Bertz CT molecular complexity index is 1310. The molecule has 2 heterocycles. The summed E-state index contributed by atoms with van der Waals surface area (Å²) < 4.78 is 23.5. The average Bonchev–Trinajstić information content (AvgIpc) is 3.34. The standard InChI is InChI=1S/C30H33BN2O5/c1-29(2)30(3,4)38-31(37-29)20(17-21-11-10-16-27(33-21)35-5)18-32-28(34)36-19-26-24-14-8-6-12-22(24)23-13-7-9-15-25(23)26/h6-17,26H,18-19H2,1-5H3,(H,32,34). The molecule has 0 bridgehead atoms. The van der Waals surface area contributed by atoms with Gasteiger partial charge in [0.05, 0.1) is 24.0 Å². The lowest BCUT2D eigenvalue weighted by Crippen LogP contribution is -2.41. The van der Waals surface area contributed by atoms with Crippen molar-refractivity contribution in [2.45, 2.75) is 44.8 Å². The van der Waals surface area contributed by atoms with E-state index in [0.29, 0.717) is 11.6 Å². The topological polar surface area (TPSA) is 78.9 Å². The molecule has 1 saturated heterocycles. The maximum Gasteiger partial charge on any atom is 0.492 e. The van der Waals surface area contributed by atoms with Crippen molar-refractivity contribution < 1.29 is 23.6 Å². The first-order valence-corrected chi connectivity index (χ1v) is 12.8. The molecule has 0 spiro atoms. The summed E-state index contributed by atoms with van der Waals surface area (Å²) in [6, 6.07) is 22.0. The first-order valence-electron chi connectivity index (χ1n) is 12.8. The molecule has 5 rings (SSSR count). The van der Waals surface area contributed by atoms with Crippen LogP contribution >= 0.6 is 0 Å². The fraction of sp³-hybridized carbons (Fsp3) is 0.333. The van der Waals surface area contributed by atoms with Crippen molar-refractivity contribution in [2.75, 3.05) is 20.3 Å². The number of rotatable bonds is 7. The minimum Gasteiger partial charge on any atom is -0.481 e. The number of amides is 1. The molecule has 7 nitrogen and oxygen atoms in total. The van der Waals surface area contributed by atoms with Gasteiger partial charge in [0, 0.05) is 18.5 Å². The normalized spacial score (nSPS) is 17.6. The Morgan fingerprint density at radius 3 is 2.16 bits per heavy atom. The molecule has 0 atom stereocenters. The summed E-state index contributed by atoms with van der Waals surface area (Å²) >= 11 is 0. The number of benzene rings is 2. The molecule has 8 heteroatoms. The SMILES string of the molecule is COc1cccc(C=C(CNC(=O)OCC2c3ccccc3-c3ccccc32)B2OC(C)(C)C(C)(C)O2)n1. The summed E-state index contributed by atoms with van der Waals surface area (Å²) in [7, 11) is 0.922. The smallest absolute Gasteiger partial charge is 0.481 e. The van der Waals surface area contributed by atoms with Crippen molar-refractivity contribution in [3.63, 3.8) is 0 Å². The second kappa shape index (κ2) is 10.3. The first-order chi connectivity index (χ1) is 18.2. The molecule has 2 aliphatic rings. The van der Waals surface area contributed by atoms with Crippen molar-refractivity contribution in [1.29, 1.82) is 0 Å². The number of aromatic nitrogens is 1. The number of alkyl carbamates (subject to hydrolysis) is 1. The zero-order chi connectivity index (χ0) is 26.9. The maximum absolute atomic E-state index is 12.9. The van der Waals surface area contributed by atoms with Crippen molar-refractivity contribution in [2.24, 2.45) is 0 Å². The third kappa shape index (κ3) is 5.06. The fourth-order valence-corrected chi connectivity index (χ4v) is 4.84. The Balaban J connectivity index is 1.30. The van der Waals surface area contributed by atoms with Crippen LogP contribution in [0.15, 0.2) is 72.2 Å². The van der Waals surface area contributed by atoms with Gasteiger partial charge in [0.25, 0.3) is 0 Å². The van der Waals surface area contributed by atoms with Gasteiger partial charge in [-0.1, -0.05) is 54.6 Å². The van der Waals surface area contributed by atoms with E-state index in [0.717, 1.165) is 5.47 Å². The zero-order valence-electron chi connectivity index (χ0n) is 22.5. The molecule has 1 aliphatic carbocycles. The molecule has 2 aromatic carbocycles. The Morgan fingerprint density at radius 1 is 0.947 bits per heavy atom. The second-order valence-corrected chi connectivity index (χ2v) is 10.6. The molecule has 196 valence electrons. The second-order valence-electron chi connectivity index (χ2n) is 10.6. The summed E-state index contributed by atoms with van der Waals surface area (Å²) in [4.78, 5) is 17.4. The van der Waals surface area contributed by atoms with Gasteiger partial charge in [0.15, 0.2) is 0 Å². The van der Waals surface area contributed by atoms with E-state index in [-0.39, 0.29) is 19.1 Å². The number of methoxy groups -OCH3 is 1. The number of carbonyl (C=O) groups is 1. The van der Waals surface area contributed by atoms with Crippen LogP contribution in [0.1, 0.15) is 50.4 Å². The van der Waals surface area contributed by atoms with Gasteiger partial charge in [-0.3, -0.25) is 0 Å². The van der Waals surface area contributed by atoms with Gasteiger partial charge in [-0.15, -0.1) is 0 Å². The van der Waals surface area contributed by atoms with Gasteiger partial charge < -0.3 is 24.1 Å². The average molecular weight is 512 g/mol. The summed E-state index contributed by atoms with van der Waals surface area (Å²) in [6.45, 7) is 8.39. The Kier molecular flexibility index (Phi) is 7.03. The van der Waals surface area contributed by atoms with Crippen molar-refractivity contribution in [3.8, 4) is 17.0 Å². The van der Waals surface area contributed by atoms with Crippen LogP contribution in [0.4, 0.5) is 4.79 Å². The van der Waals surface area contributed by atoms with Gasteiger partial charge in [0.1, 0.15) is 6.61 Å². The maximum atomic E-state index is 12.9. The number of nitrogens with one attached hydrogen (secondary N) is 1. The molecule has 0 saturated carbocycles. The monoisotopic (exact) mass is 512 g/mol. The molecule has 1 aromatic heterocycles. The summed E-state index contributed by atoms with van der Waals surface area (Å²) in [5, 5.41) is 2.89. The number of ether oxygens (including phenoxy) is 2. The predicted octanol–water partition coefficient (Wildman–Crippen LogP) is 5.64. The van der Waals surface area contributed by atoms with E-state index in [4.69, 9.17) is 18.8 Å². The molecule has 38 heavy (non-hydrogen) atoms. The molecule has 1 aliphatic heterocycles. The highest BCUT2D eigenvalue weighted by molar-refractivity contribution is 6.56. The van der Waals surface area contributed by atoms with Gasteiger partial charge in [0.2, 0.25) is 5.88 Å². The number of hydrogen-bond donors (Lipinski definition) is 1. The number of nitrogens with zero attached hydrogens (tertiary/aromatic N) is 1. The number of hydrogen-bond acceptors (Lipinski definition) is 6. The van der Waals surface area contributed by atoms with Crippen molar-refractivity contribution in [3.05, 3.63) is 89.0 Å². The lowest BCUT2D eigenvalue weighted by atomic mass is 9.77. The van der Waals surface area contributed by atoms with Crippen LogP contribution in [0, 0.1) is 0 Å². The molecule has 1 amide bonds. The molecule has 0 radical (unpaired) electrons. The predicted molar refractivity (Wildman–Crippen MR) is 148 cm³/mol. The quantitative estimate of drug-likeness (QED) is 0.413. The van der Waals surface area contributed by atoms with Crippen LogP contribution < -0.4 is 10.1 Å². The number of carbonyl (C=O) groups excluding carboxylic acids is 1. The van der Waals surface area contributed by atoms with Crippen LogP contribution in [-0.4, -0.2) is 49.7 Å². The molecule has 3 aromatic rings. The van der Waals surface area contributed by atoms with Crippen molar-refractivity contribution in [1.82, 2.24) is 10.3 Å². The molecule has 1 fully saturated rings. The highest BCUT2D eigenvalue weighted by Gasteiger charge is 2.52. The van der Waals surface area contributed by atoms with Gasteiger partial charge >= 0.3 is 13.2 Å². The Hall–Kier alpha value is -3.62. The first kappa shape index (κ1) is 26.0. The molecular formula is C30H33BN2O5. The van der Waals surface area contributed by atoms with Gasteiger partial charge in [-0.2, -0.15) is 0 Å². The van der Waals surface area contributed by atoms with Crippen LogP contribution in [0.2, 0.25) is 0 Å². The van der Waals surface area contributed by atoms with Crippen LogP contribution in [-0.2, 0) is 14.0 Å². The lowest BCUT2D eigenvalue weighted by molar-refractivity contribution is 0.00578. The van der Waals surface area contributed by atoms with E-state index in [1.165, 1.54) is 22.3 Å². The van der Waals surface area contributed by atoms with E-state index >= 15 is 0 Å². The highest BCUT2D eigenvalue weighted by Crippen LogP contribution is 2.44. The van der Waals surface area contributed by atoms with E-state index in [1.54, 1.807) is 13.2 Å². The minimum absolute atomic E-state index is 0.00718. The molecule has 1 N–H and O–H groups in total. The van der Waals surface area contributed by atoms with Gasteiger partial charge in [-0.05, 0) is 67.6 Å². The third-order valence-electron chi connectivity index (χ3n) is 7.62. The van der Waals surface area contributed by atoms with Crippen LogP contribution in [0.5, 0.6) is 5.88 Å². The molecular weight excluding hydrogens is 479 g/mol. The van der Waals surface area contributed by atoms with E-state index < -0.39 is 24.4 Å². The van der Waals surface area contributed by atoms with Crippen molar-refractivity contribution >= 4 is 19.3 Å². The largest absolute Gasteiger partial charge is 0.492 e. The molecule has 0 unspecified atom stereocenters. The summed E-state index contributed by atoms with van der Waals surface area (Å²) in [5.41, 5.74) is 5.06. The summed E-state index contributed by atoms with van der Waals surface area (Å²) in [6.07, 6.45) is 1.35. The lowest BCUT2D eigenvalue weighted by Gasteiger charge is -2.32. The van der Waals surface area contributed by atoms with E-state index in [9.17, 15) is 4.79 Å². The van der Waals surface area contributed by atoms with Crippen LogP contribution in [0.25, 0.3) is 17.2 Å². The third-order valence-corrected chi connectivity index (χ3v) is 7.62. The fourth-order valence-electron chi connectivity index (χ4n) is 4.84. The zero-order valence-corrected chi connectivity index (χ0v) is 22.5. The Morgan fingerprint density at radius 2 is 1.55 bits per heavy atom. The minimum atomic E-state index is -0.651. The Labute approximate surface area is 224 Å². The number of pyridine rings is 1. The number of fused-ring (bicyclic) bond motifs is 3. The van der Waals surface area contributed by atoms with Gasteiger partial charge in [-0.25, -0.2) is 9.78 Å². The van der Waals surface area contributed by atoms with E-state index in [2.05, 4.69) is 34.6 Å². The van der Waals surface area contributed by atoms with Crippen LogP contribution in [0.3, 0.4) is 0 Å². The highest BCUT2D eigenvalue weighted by atomic mass is 16.7. The van der Waals surface area contributed by atoms with E-state index in [1.807, 2.05) is 70.2 Å².